The number of amides is 1. The van der Waals surface area contributed by atoms with Gasteiger partial charge in [0.2, 0.25) is 17.7 Å². The molecule has 1 saturated carbocycles. The van der Waals surface area contributed by atoms with Gasteiger partial charge in [-0.1, -0.05) is 48.5 Å². The minimum absolute atomic E-state index is 0.169. The molecule has 174 valence electrons. The molecule has 34 heavy (non-hydrogen) atoms. The number of nitrogens with zero attached hydrogens (tertiary/aromatic N) is 3. The van der Waals surface area contributed by atoms with Crippen molar-refractivity contribution < 1.29 is 9.21 Å². The summed E-state index contributed by atoms with van der Waals surface area (Å²) in [5.41, 5.74) is 6.51. The molecular formula is C25H25N5O3S. The second-order valence-corrected chi connectivity index (χ2v) is 8.48. The number of H-pyrrole nitrogens is 1. The van der Waals surface area contributed by atoms with Crippen LogP contribution in [0.25, 0.3) is 22.4 Å². The summed E-state index contributed by atoms with van der Waals surface area (Å²) in [6, 6.07) is 17.0. The molecule has 1 fully saturated rings. The number of para-hydroxylation sites is 1. The summed E-state index contributed by atoms with van der Waals surface area (Å²) in [5, 5.41) is 9.24. The van der Waals surface area contributed by atoms with Crippen LogP contribution in [-0.4, -0.2) is 31.8 Å². The molecule has 0 aliphatic heterocycles. The predicted octanol–water partition coefficient (Wildman–Crippen LogP) is 4.14. The van der Waals surface area contributed by atoms with Crippen molar-refractivity contribution in [2.24, 2.45) is 5.73 Å². The first kappa shape index (κ1) is 24.7. The van der Waals surface area contributed by atoms with Crippen LogP contribution >= 0.6 is 11.8 Å². The molecule has 0 atom stereocenters. The second kappa shape index (κ2) is 12.4. The van der Waals surface area contributed by atoms with E-state index in [1.807, 2.05) is 36.4 Å². The number of benzene rings is 2. The number of thioether (sulfide) groups is 1. The first-order chi connectivity index (χ1) is 16.6. The van der Waals surface area contributed by atoms with E-state index in [1.165, 1.54) is 31.0 Å². The topological polar surface area (TPSA) is 128 Å². The summed E-state index contributed by atoms with van der Waals surface area (Å²) >= 11 is 1.31. The number of hydrogen-bond acceptors (Lipinski definition) is 7. The maximum Gasteiger partial charge on any atom is 0.259 e. The molecule has 0 saturated heterocycles. The fraction of sp³-hybridized carbons (Fsp3) is 0.240. The summed E-state index contributed by atoms with van der Waals surface area (Å²) in [6.45, 7) is 0. The highest BCUT2D eigenvalue weighted by molar-refractivity contribution is 7.99. The molecule has 0 spiro atoms. The number of nitrogens with two attached hydrogens (primary N) is 1. The van der Waals surface area contributed by atoms with Crippen molar-refractivity contribution >= 4 is 28.6 Å². The van der Waals surface area contributed by atoms with Crippen LogP contribution in [-0.2, 0) is 4.79 Å². The highest BCUT2D eigenvalue weighted by Crippen LogP contribution is 2.36. The monoisotopic (exact) mass is 475 g/mol. The van der Waals surface area contributed by atoms with Crippen LogP contribution in [0.1, 0.15) is 37.5 Å². The average Bonchev–Trinajstić information content (AvgIpc) is 3.30. The molecule has 1 aliphatic rings. The maximum absolute atomic E-state index is 11.7. The van der Waals surface area contributed by atoms with E-state index in [0.717, 1.165) is 11.5 Å². The summed E-state index contributed by atoms with van der Waals surface area (Å²) in [6.07, 6.45) is 11.9. The highest BCUT2D eigenvalue weighted by atomic mass is 32.2. The number of carbonyl (C=O) groups is 1. The van der Waals surface area contributed by atoms with Gasteiger partial charge in [0.1, 0.15) is 0 Å². The molecule has 8 nitrogen and oxygen atoms in total. The summed E-state index contributed by atoms with van der Waals surface area (Å²) in [5.74, 6) is 2.10. The lowest BCUT2D eigenvalue weighted by atomic mass is 9.85. The molecule has 3 N–H and O–H groups in total. The van der Waals surface area contributed by atoms with Gasteiger partial charge in [-0.05, 0) is 37.1 Å². The Morgan fingerprint density at radius 2 is 1.79 bits per heavy atom. The smallest absolute Gasteiger partial charge is 0.259 e. The largest absolute Gasteiger partial charge is 0.420 e. The van der Waals surface area contributed by atoms with Crippen molar-refractivity contribution in [2.75, 3.05) is 5.75 Å². The van der Waals surface area contributed by atoms with E-state index in [9.17, 15) is 9.59 Å². The first-order valence-corrected chi connectivity index (χ1v) is 11.7. The number of aromatic amines is 1. The van der Waals surface area contributed by atoms with Gasteiger partial charge in [0.15, 0.2) is 5.16 Å². The van der Waals surface area contributed by atoms with Gasteiger partial charge in [0.05, 0.1) is 10.9 Å². The van der Waals surface area contributed by atoms with E-state index >= 15 is 0 Å². The minimum atomic E-state index is -0.361. The van der Waals surface area contributed by atoms with E-state index in [0.29, 0.717) is 33.6 Å². The van der Waals surface area contributed by atoms with E-state index < -0.39 is 0 Å². The molecule has 0 radical (unpaired) electrons. The van der Waals surface area contributed by atoms with E-state index in [2.05, 4.69) is 33.0 Å². The van der Waals surface area contributed by atoms with E-state index in [4.69, 9.17) is 10.2 Å². The average molecular weight is 476 g/mol. The molecular weight excluding hydrogens is 450 g/mol. The number of primary amides is 1. The van der Waals surface area contributed by atoms with Crippen LogP contribution in [0.4, 0.5) is 0 Å². The third-order valence-electron chi connectivity index (χ3n) is 5.09. The normalized spacial score (nSPS) is 12.5. The van der Waals surface area contributed by atoms with Gasteiger partial charge in [-0.2, -0.15) is 0 Å². The van der Waals surface area contributed by atoms with Crippen LogP contribution in [0.3, 0.4) is 0 Å². The molecule has 4 aromatic rings. The molecule has 0 unspecified atom stereocenters. The Morgan fingerprint density at radius 1 is 1.09 bits per heavy atom. The van der Waals surface area contributed by atoms with Crippen molar-refractivity contribution in [1.82, 2.24) is 20.2 Å². The summed E-state index contributed by atoms with van der Waals surface area (Å²) < 4.78 is 5.65. The van der Waals surface area contributed by atoms with Gasteiger partial charge in [0.25, 0.3) is 5.56 Å². The molecule has 1 aliphatic carbocycles. The van der Waals surface area contributed by atoms with Gasteiger partial charge in [-0.3, -0.25) is 9.59 Å². The van der Waals surface area contributed by atoms with Gasteiger partial charge >= 0.3 is 0 Å². The molecule has 5 rings (SSSR count). The number of nitrogens with one attached hydrogen (secondary N) is 1. The predicted molar refractivity (Wildman–Crippen MR) is 133 cm³/mol. The van der Waals surface area contributed by atoms with E-state index in [1.54, 1.807) is 18.2 Å². The fourth-order valence-electron chi connectivity index (χ4n) is 3.13. The minimum Gasteiger partial charge on any atom is -0.420 e. The molecule has 9 heteroatoms. The van der Waals surface area contributed by atoms with Gasteiger partial charge in [-0.25, -0.2) is 4.98 Å². The van der Waals surface area contributed by atoms with Crippen molar-refractivity contribution in [3.63, 3.8) is 0 Å². The fourth-order valence-corrected chi connectivity index (χ4v) is 3.96. The maximum atomic E-state index is 11.7. The van der Waals surface area contributed by atoms with Crippen LogP contribution in [0, 0.1) is 12.8 Å². The zero-order chi connectivity index (χ0) is 24.3. The first-order valence-electron chi connectivity index (χ1n) is 10.7. The number of carbonyl (C=O) groups excluding carboxylic acids is 1. The van der Waals surface area contributed by atoms with Crippen molar-refractivity contribution in [1.29, 1.82) is 0 Å². The van der Waals surface area contributed by atoms with Crippen LogP contribution < -0.4 is 11.3 Å². The Labute approximate surface area is 201 Å². The zero-order valence-electron chi connectivity index (χ0n) is 18.5. The van der Waals surface area contributed by atoms with Crippen LogP contribution in [0.5, 0.6) is 0 Å². The lowest BCUT2D eigenvalue weighted by molar-refractivity contribution is -0.117. The summed E-state index contributed by atoms with van der Waals surface area (Å²) in [4.78, 5) is 29.2. The number of aromatic nitrogens is 4. The number of fused-ring (bicyclic) bond motifs is 1. The third kappa shape index (κ3) is 6.56. The SMILES string of the molecule is C#C.NC(=O)CCSc1nc2ccccc2c(=O)[nH]1.c1ccc(-c2nnc(C3CCC3)o2)cc1. The molecule has 2 aromatic heterocycles. The lowest BCUT2D eigenvalue weighted by Gasteiger charge is -2.20. The highest BCUT2D eigenvalue weighted by Gasteiger charge is 2.25. The Bertz CT molecular complexity index is 1300. The Balaban J connectivity index is 0.000000179. The quantitative estimate of drug-likeness (QED) is 0.244. The van der Waals surface area contributed by atoms with E-state index in [-0.39, 0.29) is 17.9 Å². The van der Waals surface area contributed by atoms with Crippen molar-refractivity contribution in [3.05, 3.63) is 70.8 Å². The summed E-state index contributed by atoms with van der Waals surface area (Å²) in [7, 11) is 0. The van der Waals surface area contributed by atoms with Gasteiger partial charge in [0, 0.05) is 23.7 Å². The van der Waals surface area contributed by atoms with Crippen molar-refractivity contribution in [3.8, 4) is 24.3 Å². The number of terminal acetylenes is 1. The van der Waals surface area contributed by atoms with Gasteiger partial charge < -0.3 is 15.1 Å². The third-order valence-corrected chi connectivity index (χ3v) is 5.97. The second-order valence-electron chi connectivity index (χ2n) is 7.39. The van der Waals surface area contributed by atoms with Crippen LogP contribution in [0.15, 0.2) is 69.0 Å². The Kier molecular flexibility index (Phi) is 9.00. The molecule has 2 aromatic carbocycles. The molecule has 2 heterocycles. The van der Waals surface area contributed by atoms with Crippen LogP contribution in [0.2, 0.25) is 0 Å². The Morgan fingerprint density at radius 3 is 2.47 bits per heavy atom. The zero-order valence-corrected chi connectivity index (χ0v) is 19.3. The number of rotatable bonds is 6. The molecule has 0 bridgehead atoms. The van der Waals surface area contributed by atoms with Gasteiger partial charge in [-0.15, -0.1) is 23.0 Å². The standard InChI is InChI=1S/C12H12N2O.C11H11N3O2S.C2H2/c1-2-5-9(6-3-1)11-13-14-12(15-11)10-7-4-8-10;12-9(15)5-6-17-11-13-8-4-2-1-3-7(8)10(16)14-11;1-2/h1-3,5-6,10H,4,7-8H2;1-4H,5-6H2,(H2,12,15)(H,13,14,16);1-2H. The Hall–Kier alpha value is -3.90. The number of hydrogen-bond donors (Lipinski definition) is 2. The lowest BCUT2D eigenvalue weighted by Crippen LogP contribution is -2.12. The van der Waals surface area contributed by atoms with Crippen molar-refractivity contribution in [2.45, 2.75) is 36.8 Å². The molecule has 1 amide bonds.